The molecule has 0 spiro atoms. The molecule has 0 aliphatic carbocycles. The van der Waals surface area contributed by atoms with Gasteiger partial charge in [-0.2, -0.15) is 0 Å². The minimum atomic E-state index is -0.678. The lowest BCUT2D eigenvalue weighted by Crippen LogP contribution is -2.44. The largest absolute Gasteiger partial charge is 0.492 e. The summed E-state index contributed by atoms with van der Waals surface area (Å²) in [7, 11) is 3.31. The Labute approximate surface area is 216 Å². The average molecular weight is 501 g/mol. The summed E-state index contributed by atoms with van der Waals surface area (Å²) in [4.78, 5) is 33.8. The van der Waals surface area contributed by atoms with Crippen molar-refractivity contribution in [2.45, 2.75) is 25.9 Å². The first-order chi connectivity index (χ1) is 18.0. The summed E-state index contributed by atoms with van der Waals surface area (Å²) >= 11 is 0. The number of nitrogens with one attached hydrogen (secondary N) is 1. The Morgan fingerprint density at radius 3 is 2.43 bits per heavy atom. The van der Waals surface area contributed by atoms with Crippen LogP contribution < -0.4 is 15.6 Å². The fourth-order valence-electron chi connectivity index (χ4n) is 4.49. The van der Waals surface area contributed by atoms with E-state index in [0.717, 1.165) is 11.1 Å². The van der Waals surface area contributed by atoms with Crippen LogP contribution in [0, 0.1) is 0 Å². The van der Waals surface area contributed by atoms with Gasteiger partial charge in [0.25, 0.3) is 5.56 Å². The number of anilines is 1. The number of urea groups is 1. The second-order valence-corrected chi connectivity index (χ2v) is 8.67. The van der Waals surface area contributed by atoms with Crippen LogP contribution in [0.2, 0.25) is 0 Å². The normalized spacial score (nSPS) is 12.6. The van der Waals surface area contributed by atoms with Crippen LogP contribution in [0.15, 0.2) is 83.7 Å². The lowest BCUT2D eigenvalue weighted by atomic mass is 10.0. The van der Waals surface area contributed by atoms with Crippen LogP contribution in [-0.2, 0) is 11.8 Å². The third kappa shape index (κ3) is 5.49. The SMILES string of the molecule is CCOc1ccccc1NC(=O)N(C(COC)c1ccccc1)[C@H](C)c1nc2ccccc2n(C)c1=O. The van der Waals surface area contributed by atoms with Crippen molar-refractivity contribution in [1.82, 2.24) is 14.5 Å². The molecule has 4 aromatic rings. The van der Waals surface area contributed by atoms with E-state index in [4.69, 9.17) is 14.5 Å². The predicted octanol–water partition coefficient (Wildman–Crippen LogP) is 5.32. The van der Waals surface area contributed by atoms with Crippen LogP contribution in [0.1, 0.15) is 37.2 Å². The fourth-order valence-corrected chi connectivity index (χ4v) is 4.49. The molecule has 2 atom stereocenters. The minimum absolute atomic E-state index is 0.225. The van der Waals surface area contributed by atoms with Crippen molar-refractivity contribution in [3.63, 3.8) is 0 Å². The van der Waals surface area contributed by atoms with E-state index in [-0.39, 0.29) is 17.9 Å². The van der Waals surface area contributed by atoms with Crippen molar-refractivity contribution >= 4 is 22.8 Å². The molecular formula is C29H32N4O4. The summed E-state index contributed by atoms with van der Waals surface area (Å²) in [5, 5.41) is 3.00. The number of carbonyl (C=O) groups excluding carboxylic acids is 1. The second-order valence-electron chi connectivity index (χ2n) is 8.67. The highest BCUT2D eigenvalue weighted by Gasteiger charge is 2.33. The van der Waals surface area contributed by atoms with E-state index < -0.39 is 18.1 Å². The topological polar surface area (TPSA) is 85.7 Å². The quantitative estimate of drug-likeness (QED) is 0.336. The summed E-state index contributed by atoms with van der Waals surface area (Å²) in [5.74, 6) is 0.564. The number of hydrogen-bond donors (Lipinski definition) is 1. The summed E-state index contributed by atoms with van der Waals surface area (Å²) in [6.45, 7) is 4.39. The van der Waals surface area contributed by atoms with E-state index in [2.05, 4.69) is 5.32 Å². The number of rotatable bonds is 9. The van der Waals surface area contributed by atoms with Gasteiger partial charge in [-0.3, -0.25) is 4.79 Å². The lowest BCUT2D eigenvalue weighted by molar-refractivity contribution is 0.0885. The highest BCUT2D eigenvalue weighted by Crippen LogP contribution is 2.32. The number of aryl methyl sites for hydroxylation is 1. The van der Waals surface area contributed by atoms with Gasteiger partial charge in [0, 0.05) is 14.2 Å². The Morgan fingerprint density at radius 1 is 1.03 bits per heavy atom. The number of para-hydroxylation sites is 4. The number of aromatic nitrogens is 2. The zero-order chi connectivity index (χ0) is 26.4. The first-order valence-electron chi connectivity index (χ1n) is 12.3. The van der Waals surface area contributed by atoms with Crippen molar-refractivity contribution in [2.24, 2.45) is 7.05 Å². The Morgan fingerprint density at radius 2 is 1.70 bits per heavy atom. The number of hydrogen-bond acceptors (Lipinski definition) is 5. The number of benzene rings is 3. The molecule has 37 heavy (non-hydrogen) atoms. The van der Waals surface area contributed by atoms with E-state index in [1.165, 1.54) is 0 Å². The molecule has 0 fully saturated rings. The van der Waals surface area contributed by atoms with E-state index in [0.29, 0.717) is 23.6 Å². The maximum absolute atomic E-state index is 14.0. The van der Waals surface area contributed by atoms with Gasteiger partial charge in [0.1, 0.15) is 11.4 Å². The van der Waals surface area contributed by atoms with Gasteiger partial charge in [-0.05, 0) is 43.7 Å². The Bertz CT molecular complexity index is 1420. The van der Waals surface area contributed by atoms with Gasteiger partial charge in [-0.25, -0.2) is 9.78 Å². The van der Waals surface area contributed by atoms with Gasteiger partial charge < -0.3 is 24.3 Å². The molecule has 0 aliphatic rings. The number of amides is 2. The smallest absolute Gasteiger partial charge is 0.323 e. The van der Waals surface area contributed by atoms with Crippen molar-refractivity contribution < 1.29 is 14.3 Å². The van der Waals surface area contributed by atoms with Gasteiger partial charge in [0.05, 0.1) is 42.0 Å². The number of carbonyl (C=O) groups is 1. The maximum Gasteiger partial charge on any atom is 0.323 e. The van der Waals surface area contributed by atoms with E-state index in [1.54, 1.807) is 35.8 Å². The molecule has 1 aromatic heterocycles. The molecule has 1 unspecified atom stereocenters. The Balaban J connectivity index is 1.83. The molecule has 0 saturated heterocycles. The molecule has 0 saturated carbocycles. The summed E-state index contributed by atoms with van der Waals surface area (Å²) in [5.41, 5.74) is 2.82. The van der Waals surface area contributed by atoms with E-state index in [9.17, 15) is 9.59 Å². The molecule has 1 heterocycles. The third-order valence-electron chi connectivity index (χ3n) is 6.33. The number of fused-ring (bicyclic) bond motifs is 1. The molecule has 8 heteroatoms. The summed E-state index contributed by atoms with van der Waals surface area (Å²) < 4.78 is 12.8. The third-order valence-corrected chi connectivity index (χ3v) is 6.33. The second kappa shape index (κ2) is 11.7. The van der Waals surface area contributed by atoms with Gasteiger partial charge in [0.15, 0.2) is 0 Å². The van der Waals surface area contributed by atoms with Crippen molar-refractivity contribution in [1.29, 1.82) is 0 Å². The van der Waals surface area contributed by atoms with Crippen LogP contribution in [0.3, 0.4) is 0 Å². The molecule has 0 radical (unpaired) electrons. The molecule has 2 amide bonds. The molecule has 192 valence electrons. The number of nitrogens with zero attached hydrogens (tertiary/aromatic N) is 3. The summed E-state index contributed by atoms with van der Waals surface area (Å²) in [6, 6.07) is 22.8. The first-order valence-corrected chi connectivity index (χ1v) is 12.3. The van der Waals surface area contributed by atoms with Crippen LogP contribution in [0.4, 0.5) is 10.5 Å². The van der Waals surface area contributed by atoms with Gasteiger partial charge in [-0.15, -0.1) is 0 Å². The van der Waals surface area contributed by atoms with Gasteiger partial charge >= 0.3 is 6.03 Å². The Hall–Kier alpha value is -4.17. The molecule has 4 rings (SSSR count). The Kier molecular flexibility index (Phi) is 8.20. The summed E-state index contributed by atoms with van der Waals surface area (Å²) in [6.07, 6.45) is 0. The molecule has 1 N–H and O–H groups in total. The average Bonchev–Trinajstić information content (AvgIpc) is 2.92. The molecule has 8 nitrogen and oxygen atoms in total. The van der Waals surface area contributed by atoms with E-state index in [1.807, 2.05) is 80.6 Å². The predicted molar refractivity (Wildman–Crippen MR) is 145 cm³/mol. The van der Waals surface area contributed by atoms with Crippen LogP contribution in [0.25, 0.3) is 11.0 Å². The number of ether oxygens (including phenoxy) is 2. The van der Waals surface area contributed by atoms with Crippen LogP contribution >= 0.6 is 0 Å². The highest BCUT2D eigenvalue weighted by molar-refractivity contribution is 5.91. The molecular weight excluding hydrogens is 468 g/mol. The van der Waals surface area contributed by atoms with E-state index >= 15 is 0 Å². The molecule has 0 aliphatic heterocycles. The fraction of sp³-hybridized carbons (Fsp3) is 0.276. The molecule has 3 aromatic carbocycles. The zero-order valence-electron chi connectivity index (χ0n) is 21.5. The highest BCUT2D eigenvalue weighted by atomic mass is 16.5. The van der Waals surface area contributed by atoms with Crippen LogP contribution in [0.5, 0.6) is 5.75 Å². The van der Waals surface area contributed by atoms with Crippen molar-refractivity contribution in [3.8, 4) is 5.75 Å². The lowest BCUT2D eigenvalue weighted by Gasteiger charge is -2.36. The van der Waals surface area contributed by atoms with Crippen molar-refractivity contribution in [3.05, 3.63) is 100 Å². The van der Waals surface area contributed by atoms with Gasteiger partial charge in [-0.1, -0.05) is 54.6 Å². The maximum atomic E-state index is 14.0. The standard InChI is InChI=1S/C29H32N4O4/c1-5-37-26-18-12-10-16-23(26)31-29(35)33(25(19-36-4)21-13-7-6-8-14-21)20(2)27-28(34)32(3)24-17-11-9-15-22(24)30-27/h6-18,20,25H,5,19H2,1-4H3,(H,31,35)/t20-,25?/m1/s1. The van der Waals surface area contributed by atoms with Gasteiger partial charge in [0.2, 0.25) is 0 Å². The zero-order valence-corrected chi connectivity index (χ0v) is 21.5. The monoisotopic (exact) mass is 500 g/mol. The first kappa shape index (κ1) is 25.9. The molecule has 0 bridgehead atoms. The minimum Gasteiger partial charge on any atom is -0.492 e. The van der Waals surface area contributed by atoms with Crippen molar-refractivity contribution in [2.75, 3.05) is 25.6 Å². The van der Waals surface area contributed by atoms with Crippen LogP contribution in [-0.4, -0.2) is 40.8 Å². The number of methoxy groups -OCH3 is 1.